The smallest absolute Gasteiger partial charge is 0.223 e. The lowest BCUT2D eigenvalue weighted by molar-refractivity contribution is -0.131. The Morgan fingerprint density at radius 3 is 2.55 bits per heavy atom. The number of aromatic nitrogens is 2. The van der Waals surface area contributed by atoms with Gasteiger partial charge in [-0.25, -0.2) is 14.4 Å². The summed E-state index contributed by atoms with van der Waals surface area (Å²) in [6, 6.07) is 16.6. The fraction of sp³-hybridized carbons (Fsp3) is 0.292. The van der Waals surface area contributed by atoms with E-state index in [1.54, 1.807) is 18.3 Å². The van der Waals surface area contributed by atoms with Gasteiger partial charge in [-0.2, -0.15) is 0 Å². The van der Waals surface area contributed by atoms with Crippen molar-refractivity contribution >= 4 is 11.7 Å². The second-order valence-electron chi connectivity index (χ2n) is 7.44. The number of rotatable bonds is 6. The number of benzene rings is 2. The van der Waals surface area contributed by atoms with Crippen molar-refractivity contribution in [2.45, 2.75) is 12.8 Å². The van der Waals surface area contributed by atoms with E-state index < -0.39 is 5.82 Å². The largest absolute Gasteiger partial charge is 0.494 e. The average molecular weight is 420 g/mol. The Labute approximate surface area is 181 Å². The second kappa shape index (κ2) is 9.55. The van der Waals surface area contributed by atoms with Gasteiger partial charge in [0.2, 0.25) is 5.91 Å². The molecule has 0 N–H and O–H groups in total. The predicted molar refractivity (Wildman–Crippen MR) is 118 cm³/mol. The molecule has 7 heteroatoms. The van der Waals surface area contributed by atoms with Gasteiger partial charge in [-0.1, -0.05) is 36.4 Å². The molecule has 160 valence electrons. The van der Waals surface area contributed by atoms with Crippen molar-refractivity contribution in [2.24, 2.45) is 0 Å². The first-order chi connectivity index (χ1) is 15.1. The maximum Gasteiger partial charge on any atom is 0.223 e. The first-order valence-electron chi connectivity index (χ1n) is 10.4. The van der Waals surface area contributed by atoms with Crippen LogP contribution in [0.1, 0.15) is 12.0 Å². The molecule has 2 heterocycles. The van der Waals surface area contributed by atoms with E-state index in [1.165, 1.54) is 13.2 Å². The zero-order chi connectivity index (χ0) is 21.6. The number of amides is 1. The standard InChI is InChI=1S/C24H25FN4O2/c1-31-21-9-7-18(17-20(21)25)8-10-23(30)29-15-13-28(14-16-29)22-11-12-26-24(27-22)19-5-3-2-4-6-19/h2-7,9,11-12,17H,8,10,13-16H2,1H3. The quantitative estimate of drug-likeness (QED) is 0.610. The van der Waals surface area contributed by atoms with Crippen LogP contribution in [0.15, 0.2) is 60.8 Å². The van der Waals surface area contributed by atoms with Gasteiger partial charge >= 0.3 is 0 Å². The van der Waals surface area contributed by atoms with Crippen molar-refractivity contribution in [1.82, 2.24) is 14.9 Å². The van der Waals surface area contributed by atoms with E-state index >= 15 is 0 Å². The lowest BCUT2D eigenvalue weighted by Crippen LogP contribution is -2.49. The summed E-state index contributed by atoms with van der Waals surface area (Å²) < 4.78 is 18.8. The van der Waals surface area contributed by atoms with Crippen molar-refractivity contribution in [3.63, 3.8) is 0 Å². The van der Waals surface area contributed by atoms with Crippen LogP contribution in [0.2, 0.25) is 0 Å². The molecular formula is C24H25FN4O2. The summed E-state index contributed by atoms with van der Waals surface area (Å²) in [5, 5.41) is 0. The summed E-state index contributed by atoms with van der Waals surface area (Å²) in [6.07, 6.45) is 2.64. The number of aryl methyl sites for hydroxylation is 1. The fourth-order valence-corrected chi connectivity index (χ4v) is 3.71. The van der Waals surface area contributed by atoms with Gasteiger partial charge in [-0.15, -0.1) is 0 Å². The van der Waals surface area contributed by atoms with Crippen LogP contribution in [0.5, 0.6) is 5.75 Å². The number of carbonyl (C=O) groups excluding carboxylic acids is 1. The molecule has 1 aliphatic rings. The fourth-order valence-electron chi connectivity index (χ4n) is 3.71. The highest BCUT2D eigenvalue weighted by Gasteiger charge is 2.22. The lowest BCUT2D eigenvalue weighted by Gasteiger charge is -2.35. The maximum atomic E-state index is 13.8. The second-order valence-corrected chi connectivity index (χ2v) is 7.44. The number of piperazine rings is 1. The number of methoxy groups -OCH3 is 1. The molecule has 0 saturated carbocycles. The molecule has 31 heavy (non-hydrogen) atoms. The normalized spacial score (nSPS) is 13.9. The molecular weight excluding hydrogens is 395 g/mol. The van der Waals surface area contributed by atoms with Gasteiger partial charge in [0.1, 0.15) is 5.82 Å². The Balaban J connectivity index is 1.31. The first-order valence-corrected chi connectivity index (χ1v) is 10.4. The SMILES string of the molecule is COc1ccc(CCC(=O)N2CCN(c3ccnc(-c4ccccc4)n3)CC2)cc1F. The van der Waals surface area contributed by atoms with E-state index in [0.717, 1.165) is 16.9 Å². The Kier molecular flexibility index (Phi) is 6.40. The molecule has 0 bridgehead atoms. The lowest BCUT2D eigenvalue weighted by atomic mass is 10.1. The monoisotopic (exact) mass is 420 g/mol. The third-order valence-electron chi connectivity index (χ3n) is 5.47. The number of hydrogen-bond acceptors (Lipinski definition) is 5. The average Bonchev–Trinajstić information content (AvgIpc) is 2.83. The number of hydrogen-bond donors (Lipinski definition) is 0. The number of ether oxygens (including phenoxy) is 1. The van der Waals surface area contributed by atoms with E-state index in [0.29, 0.717) is 44.8 Å². The molecule has 1 amide bonds. The first kappa shape index (κ1) is 20.8. The summed E-state index contributed by atoms with van der Waals surface area (Å²) in [6.45, 7) is 2.71. The highest BCUT2D eigenvalue weighted by atomic mass is 19.1. The van der Waals surface area contributed by atoms with Crippen molar-refractivity contribution < 1.29 is 13.9 Å². The van der Waals surface area contributed by atoms with E-state index in [4.69, 9.17) is 9.72 Å². The Morgan fingerprint density at radius 2 is 1.84 bits per heavy atom. The summed E-state index contributed by atoms with van der Waals surface area (Å²) in [4.78, 5) is 25.8. The number of nitrogens with zero attached hydrogens (tertiary/aromatic N) is 4. The highest BCUT2D eigenvalue weighted by Crippen LogP contribution is 2.21. The van der Waals surface area contributed by atoms with Gasteiger partial charge in [-0.05, 0) is 30.2 Å². The van der Waals surface area contributed by atoms with E-state index in [1.807, 2.05) is 41.3 Å². The van der Waals surface area contributed by atoms with Gasteiger partial charge in [-0.3, -0.25) is 4.79 Å². The molecule has 2 aromatic carbocycles. The van der Waals surface area contributed by atoms with Crippen LogP contribution in [0.3, 0.4) is 0 Å². The van der Waals surface area contributed by atoms with Crippen LogP contribution in [-0.4, -0.2) is 54.1 Å². The van der Waals surface area contributed by atoms with Crippen LogP contribution < -0.4 is 9.64 Å². The summed E-state index contributed by atoms with van der Waals surface area (Å²) in [5.41, 5.74) is 1.77. The van der Waals surface area contributed by atoms with Gasteiger partial charge < -0.3 is 14.5 Å². The number of halogens is 1. The Bertz CT molecular complexity index is 1040. The minimum Gasteiger partial charge on any atom is -0.494 e. The maximum absolute atomic E-state index is 13.8. The van der Waals surface area contributed by atoms with Crippen molar-refractivity contribution in [1.29, 1.82) is 0 Å². The molecule has 1 saturated heterocycles. The van der Waals surface area contributed by atoms with E-state index in [9.17, 15) is 9.18 Å². The molecule has 1 aromatic heterocycles. The van der Waals surface area contributed by atoms with E-state index in [-0.39, 0.29) is 11.7 Å². The molecule has 0 unspecified atom stereocenters. The summed E-state index contributed by atoms with van der Waals surface area (Å²) in [5.74, 6) is 1.47. The van der Waals surface area contributed by atoms with Crippen molar-refractivity contribution in [3.05, 3.63) is 72.2 Å². The van der Waals surface area contributed by atoms with Crippen molar-refractivity contribution in [3.8, 4) is 17.1 Å². The zero-order valence-corrected chi connectivity index (χ0v) is 17.5. The van der Waals surface area contributed by atoms with Crippen LogP contribution in [0.4, 0.5) is 10.2 Å². The molecule has 4 rings (SSSR count). The molecule has 3 aromatic rings. The van der Waals surface area contributed by atoms with Gasteiger partial charge in [0, 0.05) is 44.4 Å². The number of carbonyl (C=O) groups is 1. The molecule has 6 nitrogen and oxygen atoms in total. The highest BCUT2D eigenvalue weighted by molar-refractivity contribution is 5.76. The Hall–Kier alpha value is -3.48. The molecule has 0 spiro atoms. The molecule has 0 aliphatic carbocycles. The summed E-state index contributed by atoms with van der Waals surface area (Å²) >= 11 is 0. The van der Waals surface area contributed by atoms with Crippen molar-refractivity contribution in [2.75, 3.05) is 38.2 Å². The topological polar surface area (TPSA) is 58.6 Å². The Morgan fingerprint density at radius 1 is 1.06 bits per heavy atom. The van der Waals surface area contributed by atoms with E-state index in [2.05, 4.69) is 9.88 Å². The van der Waals surface area contributed by atoms with Gasteiger partial charge in [0.25, 0.3) is 0 Å². The van der Waals surface area contributed by atoms with Gasteiger partial charge in [0.15, 0.2) is 17.4 Å². The molecule has 1 fully saturated rings. The van der Waals surface area contributed by atoms with Crippen LogP contribution in [0, 0.1) is 5.82 Å². The third kappa shape index (κ3) is 4.99. The van der Waals surface area contributed by atoms with Crippen LogP contribution in [0.25, 0.3) is 11.4 Å². The van der Waals surface area contributed by atoms with Gasteiger partial charge in [0.05, 0.1) is 7.11 Å². The number of anilines is 1. The third-order valence-corrected chi connectivity index (χ3v) is 5.47. The van der Waals surface area contributed by atoms with Crippen LogP contribution in [-0.2, 0) is 11.2 Å². The summed E-state index contributed by atoms with van der Waals surface area (Å²) in [7, 11) is 1.44. The molecule has 0 radical (unpaired) electrons. The molecule has 0 atom stereocenters. The molecule has 1 aliphatic heterocycles. The van der Waals surface area contributed by atoms with Crippen LogP contribution >= 0.6 is 0 Å². The minimum atomic E-state index is -0.402. The zero-order valence-electron chi connectivity index (χ0n) is 17.5. The minimum absolute atomic E-state index is 0.0866. The predicted octanol–water partition coefficient (Wildman–Crippen LogP) is 3.57.